The van der Waals surface area contributed by atoms with Gasteiger partial charge in [-0.2, -0.15) is 0 Å². The minimum atomic E-state index is -1.07. The molecule has 0 atom stereocenters. The molecule has 2 aromatic carbocycles. The second-order valence-electron chi connectivity index (χ2n) is 5.50. The van der Waals surface area contributed by atoms with Gasteiger partial charge < -0.3 is 15.2 Å². The summed E-state index contributed by atoms with van der Waals surface area (Å²) in [5.41, 5.74) is 3.58. The molecule has 1 heterocycles. The number of carboxylic acid groups (broad SMARTS) is 1. The Morgan fingerprint density at radius 1 is 1.21 bits per heavy atom. The van der Waals surface area contributed by atoms with Crippen molar-refractivity contribution in [2.24, 2.45) is 0 Å². The SMILES string of the molecule is COc1cccc2c(NCc3ccccc3C)cc(C(=O)O)nc12. The van der Waals surface area contributed by atoms with Gasteiger partial charge in [0, 0.05) is 17.6 Å². The molecule has 0 unspecified atom stereocenters. The summed E-state index contributed by atoms with van der Waals surface area (Å²) in [5.74, 6) is -0.517. The number of methoxy groups -OCH3 is 1. The van der Waals surface area contributed by atoms with Crippen molar-refractivity contribution in [2.45, 2.75) is 13.5 Å². The molecule has 5 heteroatoms. The molecule has 1 aromatic heterocycles. The minimum Gasteiger partial charge on any atom is -0.494 e. The average molecular weight is 322 g/mol. The van der Waals surface area contributed by atoms with Crippen LogP contribution in [0.1, 0.15) is 21.6 Å². The minimum absolute atomic E-state index is 0.0146. The molecule has 3 rings (SSSR count). The lowest BCUT2D eigenvalue weighted by Gasteiger charge is -2.13. The quantitative estimate of drug-likeness (QED) is 0.746. The van der Waals surface area contributed by atoms with E-state index >= 15 is 0 Å². The Hall–Kier alpha value is -3.08. The van der Waals surface area contributed by atoms with Gasteiger partial charge in [0.2, 0.25) is 0 Å². The maximum Gasteiger partial charge on any atom is 0.354 e. The van der Waals surface area contributed by atoms with E-state index < -0.39 is 5.97 Å². The lowest BCUT2D eigenvalue weighted by Crippen LogP contribution is -2.06. The molecule has 122 valence electrons. The molecular weight excluding hydrogens is 304 g/mol. The topological polar surface area (TPSA) is 71.5 Å². The first-order valence-corrected chi connectivity index (χ1v) is 7.59. The molecule has 2 N–H and O–H groups in total. The van der Waals surface area contributed by atoms with Gasteiger partial charge in [-0.3, -0.25) is 0 Å². The summed E-state index contributed by atoms with van der Waals surface area (Å²) in [4.78, 5) is 15.6. The predicted molar refractivity (Wildman–Crippen MR) is 93.8 cm³/mol. The average Bonchev–Trinajstić information content (AvgIpc) is 2.60. The Morgan fingerprint density at radius 3 is 2.71 bits per heavy atom. The van der Waals surface area contributed by atoms with Crippen molar-refractivity contribution in [1.29, 1.82) is 0 Å². The van der Waals surface area contributed by atoms with Gasteiger partial charge in [0.25, 0.3) is 0 Å². The predicted octanol–water partition coefficient (Wildman–Crippen LogP) is 3.86. The molecule has 24 heavy (non-hydrogen) atoms. The highest BCUT2D eigenvalue weighted by molar-refractivity contribution is 5.99. The van der Waals surface area contributed by atoms with E-state index in [1.54, 1.807) is 19.2 Å². The molecule has 0 saturated heterocycles. The number of rotatable bonds is 5. The summed E-state index contributed by atoms with van der Waals surface area (Å²) < 4.78 is 5.32. The van der Waals surface area contributed by atoms with Crippen LogP contribution >= 0.6 is 0 Å². The van der Waals surface area contributed by atoms with E-state index in [2.05, 4.69) is 10.3 Å². The first-order valence-electron chi connectivity index (χ1n) is 7.59. The van der Waals surface area contributed by atoms with E-state index in [0.29, 0.717) is 17.8 Å². The zero-order chi connectivity index (χ0) is 17.1. The summed E-state index contributed by atoms with van der Waals surface area (Å²) in [6, 6.07) is 15.2. The second-order valence-corrected chi connectivity index (χ2v) is 5.50. The Bertz CT molecular complexity index is 906. The van der Waals surface area contributed by atoms with Crippen molar-refractivity contribution >= 4 is 22.6 Å². The van der Waals surface area contributed by atoms with E-state index in [0.717, 1.165) is 16.6 Å². The number of aromatic carboxylic acids is 1. The van der Waals surface area contributed by atoms with Crippen molar-refractivity contribution in [3.63, 3.8) is 0 Å². The molecule has 0 aliphatic heterocycles. The van der Waals surface area contributed by atoms with E-state index in [4.69, 9.17) is 4.74 Å². The largest absolute Gasteiger partial charge is 0.494 e. The molecule has 0 radical (unpaired) electrons. The number of fused-ring (bicyclic) bond motifs is 1. The highest BCUT2D eigenvalue weighted by atomic mass is 16.5. The number of hydrogen-bond donors (Lipinski definition) is 2. The van der Waals surface area contributed by atoms with Crippen molar-refractivity contribution in [1.82, 2.24) is 4.98 Å². The van der Waals surface area contributed by atoms with Crippen LogP contribution in [0.4, 0.5) is 5.69 Å². The van der Waals surface area contributed by atoms with Crippen LogP contribution < -0.4 is 10.1 Å². The molecule has 0 fully saturated rings. The van der Waals surface area contributed by atoms with Crippen molar-refractivity contribution < 1.29 is 14.6 Å². The third kappa shape index (κ3) is 3.01. The molecular formula is C19H18N2O3. The number of hydrogen-bond acceptors (Lipinski definition) is 4. The first kappa shape index (κ1) is 15.8. The van der Waals surface area contributed by atoms with E-state index in [9.17, 15) is 9.90 Å². The van der Waals surface area contributed by atoms with Crippen molar-refractivity contribution in [2.75, 3.05) is 12.4 Å². The summed E-state index contributed by atoms with van der Waals surface area (Å²) in [7, 11) is 1.55. The third-order valence-electron chi connectivity index (χ3n) is 3.97. The zero-order valence-electron chi connectivity index (χ0n) is 13.5. The fourth-order valence-corrected chi connectivity index (χ4v) is 2.64. The standard InChI is InChI=1S/C19H18N2O3/c1-12-6-3-4-7-13(12)11-20-15-10-16(19(22)23)21-18-14(15)8-5-9-17(18)24-2/h3-10H,11H2,1-2H3,(H,20,21)(H,22,23). The van der Waals surface area contributed by atoms with Gasteiger partial charge in [-0.05, 0) is 30.2 Å². The maximum atomic E-state index is 11.4. The van der Waals surface area contributed by atoms with Crippen LogP contribution in [0.3, 0.4) is 0 Å². The number of anilines is 1. The molecule has 0 spiro atoms. The summed E-state index contributed by atoms with van der Waals surface area (Å²) in [5, 5.41) is 13.5. The number of ether oxygens (including phenoxy) is 1. The Morgan fingerprint density at radius 2 is 2.00 bits per heavy atom. The van der Waals surface area contributed by atoms with Crippen LogP contribution in [-0.2, 0) is 6.54 Å². The number of carboxylic acids is 1. The fraction of sp³-hybridized carbons (Fsp3) is 0.158. The monoisotopic (exact) mass is 322 g/mol. The van der Waals surface area contributed by atoms with Gasteiger partial charge in [-0.1, -0.05) is 36.4 Å². The van der Waals surface area contributed by atoms with Crippen LogP contribution in [0.15, 0.2) is 48.5 Å². The second kappa shape index (κ2) is 6.58. The summed E-state index contributed by atoms with van der Waals surface area (Å²) in [6.45, 7) is 2.65. The Balaban J connectivity index is 2.05. The van der Waals surface area contributed by atoms with Crippen LogP contribution in [0.5, 0.6) is 5.75 Å². The van der Waals surface area contributed by atoms with Gasteiger partial charge >= 0.3 is 5.97 Å². The van der Waals surface area contributed by atoms with E-state index in [-0.39, 0.29) is 5.69 Å². The van der Waals surface area contributed by atoms with Gasteiger partial charge in [-0.25, -0.2) is 9.78 Å². The zero-order valence-corrected chi connectivity index (χ0v) is 13.5. The summed E-state index contributed by atoms with van der Waals surface area (Å²) in [6.07, 6.45) is 0. The summed E-state index contributed by atoms with van der Waals surface area (Å²) >= 11 is 0. The molecule has 3 aromatic rings. The number of pyridine rings is 1. The normalized spacial score (nSPS) is 10.6. The molecule has 5 nitrogen and oxygen atoms in total. The lowest BCUT2D eigenvalue weighted by atomic mass is 10.1. The third-order valence-corrected chi connectivity index (χ3v) is 3.97. The number of nitrogens with zero attached hydrogens (tertiary/aromatic N) is 1. The molecule has 0 saturated carbocycles. The van der Waals surface area contributed by atoms with Gasteiger partial charge in [0.1, 0.15) is 11.3 Å². The Kier molecular flexibility index (Phi) is 4.33. The molecule has 0 amide bonds. The van der Waals surface area contributed by atoms with Crippen LogP contribution in [0.2, 0.25) is 0 Å². The van der Waals surface area contributed by atoms with E-state index in [1.165, 1.54) is 5.56 Å². The van der Waals surface area contributed by atoms with Crippen LogP contribution in [0.25, 0.3) is 10.9 Å². The lowest BCUT2D eigenvalue weighted by molar-refractivity contribution is 0.0691. The maximum absolute atomic E-state index is 11.4. The first-order chi connectivity index (χ1) is 11.6. The number of benzene rings is 2. The Labute approximate surface area is 139 Å². The number of aryl methyl sites for hydroxylation is 1. The van der Waals surface area contributed by atoms with Crippen molar-refractivity contribution in [3.8, 4) is 5.75 Å². The highest BCUT2D eigenvalue weighted by Crippen LogP contribution is 2.30. The fourth-order valence-electron chi connectivity index (χ4n) is 2.64. The van der Waals surface area contributed by atoms with E-state index in [1.807, 2.05) is 43.3 Å². The van der Waals surface area contributed by atoms with Gasteiger partial charge in [0.15, 0.2) is 5.69 Å². The van der Waals surface area contributed by atoms with Gasteiger partial charge in [0.05, 0.1) is 7.11 Å². The van der Waals surface area contributed by atoms with Crippen LogP contribution in [-0.4, -0.2) is 23.2 Å². The molecule has 0 bridgehead atoms. The number of aromatic nitrogens is 1. The molecule has 0 aliphatic rings. The van der Waals surface area contributed by atoms with Gasteiger partial charge in [-0.15, -0.1) is 0 Å². The van der Waals surface area contributed by atoms with Crippen molar-refractivity contribution in [3.05, 3.63) is 65.4 Å². The number of carbonyl (C=O) groups is 1. The number of nitrogens with one attached hydrogen (secondary N) is 1. The number of para-hydroxylation sites is 1. The van der Waals surface area contributed by atoms with Crippen LogP contribution in [0, 0.1) is 6.92 Å². The highest BCUT2D eigenvalue weighted by Gasteiger charge is 2.14. The molecule has 0 aliphatic carbocycles. The smallest absolute Gasteiger partial charge is 0.354 e.